The van der Waals surface area contributed by atoms with Crippen LogP contribution in [0.15, 0.2) is 61.1 Å². The van der Waals surface area contributed by atoms with Gasteiger partial charge in [-0.05, 0) is 63.2 Å². The smallest absolute Gasteiger partial charge is 0.253 e. The largest absolute Gasteiger partial charge is 0.337 e. The maximum absolute atomic E-state index is 13.3. The maximum Gasteiger partial charge on any atom is 0.253 e. The fraction of sp³-hybridized carbons (Fsp3) is 0.310. The van der Waals surface area contributed by atoms with Crippen LogP contribution in [-0.2, 0) is 11.2 Å². The van der Waals surface area contributed by atoms with Gasteiger partial charge in [0.15, 0.2) is 0 Å². The number of likely N-dealkylation sites (N-methyl/N-ethyl adjacent to an activating group) is 1. The topological polar surface area (TPSA) is 71.3 Å². The summed E-state index contributed by atoms with van der Waals surface area (Å²) in [5.74, 6) is 0.611. The molecule has 1 fully saturated rings. The van der Waals surface area contributed by atoms with Gasteiger partial charge in [0.1, 0.15) is 5.78 Å². The molecule has 0 radical (unpaired) electrons. The lowest BCUT2D eigenvalue weighted by molar-refractivity contribution is -0.116. The number of rotatable bonds is 6. The quantitative estimate of drug-likeness (QED) is 0.411. The van der Waals surface area contributed by atoms with Gasteiger partial charge in [-0.15, -0.1) is 0 Å². The summed E-state index contributed by atoms with van der Waals surface area (Å²) in [5.41, 5.74) is 5.55. The number of aromatic nitrogens is 3. The van der Waals surface area contributed by atoms with Gasteiger partial charge in [-0.25, -0.2) is 9.97 Å². The first-order valence-corrected chi connectivity index (χ1v) is 12.3. The molecule has 0 aliphatic carbocycles. The fourth-order valence-electron chi connectivity index (χ4n) is 5.02. The number of ketones is 1. The fourth-order valence-corrected chi connectivity index (χ4v) is 5.02. The van der Waals surface area contributed by atoms with Crippen LogP contribution in [0.25, 0.3) is 28.0 Å². The number of likely N-dealkylation sites (tertiary alicyclic amines) is 1. The molecule has 36 heavy (non-hydrogen) atoms. The summed E-state index contributed by atoms with van der Waals surface area (Å²) in [5, 5.41) is 0.931. The third-order valence-electron chi connectivity index (χ3n) is 7.07. The van der Waals surface area contributed by atoms with Crippen molar-refractivity contribution in [3.63, 3.8) is 0 Å². The number of aryl methyl sites for hydroxylation is 1. The molecular formula is C29H31N5O2. The van der Waals surface area contributed by atoms with Crippen molar-refractivity contribution < 1.29 is 9.59 Å². The molecule has 0 N–H and O–H groups in total. The number of benzene rings is 2. The third kappa shape index (κ3) is 4.54. The minimum absolute atomic E-state index is 0.0259. The van der Waals surface area contributed by atoms with Crippen molar-refractivity contribution in [3.8, 4) is 17.1 Å². The molecule has 2 aromatic carbocycles. The molecule has 1 atom stereocenters. The van der Waals surface area contributed by atoms with Gasteiger partial charge in [0.05, 0.1) is 5.52 Å². The summed E-state index contributed by atoms with van der Waals surface area (Å²) >= 11 is 0. The van der Waals surface area contributed by atoms with E-state index in [0.717, 1.165) is 52.7 Å². The van der Waals surface area contributed by atoms with Crippen molar-refractivity contribution in [3.05, 3.63) is 77.7 Å². The van der Waals surface area contributed by atoms with Crippen LogP contribution in [0.5, 0.6) is 0 Å². The Morgan fingerprint density at radius 1 is 1.08 bits per heavy atom. The van der Waals surface area contributed by atoms with Gasteiger partial charge >= 0.3 is 0 Å². The number of Topliss-reactive ketones (excluding diaryl/α,β-unsaturated/α-hetero) is 1. The number of fused-ring (bicyclic) bond motifs is 1. The average Bonchev–Trinajstić information content (AvgIpc) is 3.49. The van der Waals surface area contributed by atoms with E-state index in [-0.39, 0.29) is 11.7 Å². The molecule has 0 spiro atoms. The highest BCUT2D eigenvalue weighted by molar-refractivity contribution is 6.00. The van der Waals surface area contributed by atoms with Crippen LogP contribution in [0, 0.1) is 6.92 Å². The number of hydrogen-bond acceptors (Lipinski definition) is 5. The Labute approximate surface area is 211 Å². The van der Waals surface area contributed by atoms with Gasteiger partial charge in [0, 0.05) is 60.7 Å². The number of carbonyl (C=O) groups is 2. The van der Waals surface area contributed by atoms with E-state index in [0.29, 0.717) is 24.0 Å². The Hall–Kier alpha value is -3.84. The second-order valence-electron chi connectivity index (χ2n) is 9.88. The minimum Gasteiger partial charge on any atom is -0.337 e. The predicted molar refractivity (Wildman–Crippen MR) is 141 cm³/mol. The summed E-state index contributed by atoms with van der Waals surface area (Å²) in [6.45, 7) is 5.13. The van der Waals surface area contributed by atoms with E-state index in [1.807, 2.05) is 58.4 Å². The zero-order chi connectivity index (χ0) is 25.4. The lowest BCUT2D eigenvalue weighted by atomic mass is 10.0. The Morgan fingerprint density at radius 2 is 1.83 bits per heavy atom. The Kier molecular flexibility index (Phi) is 6.41. The van der Waals surface area contributed by atoms with E-state index < -0.39 is 0 Å². The normalized spacial score (nSPS) is 15.7. The first-order chi connectivity index (χ1) is 17.3. The van der Waals surface area contributed by atoms with Gasteiger partial charge < -0.3 is 9.80 Å². The summed E-state index contributed by atoms with van der Waals surface area (Å²) in [6, 6.07) is 14.2. The first kappa shape index (κ1) is 23.9. The number of hydrogen-bond donors (Lipinski definition) is 0. The van der Waals surface area contributed by atoms with Crippen LogP contribution in [0.2, 0.25) is 0 Å². The van der Waals surface area contributed by atoms with Crippen molar-refractivity contribution in [1.29, 1.82) is 0 Å². The highest BCUT2D eigenvalue weighted by Gasteiger charge is 2.28. The molecule has 184 valence electrons. The SMILES string of the molecule is CC(=O)Cc1cn(-c2ncc(-c3ccccc3C)cn2)c2cc(C(=O)N3CC[C@@H](N(C)C)C3)ccc12. The molecule has 5 rings (SSSR count). The molecule has 2 aromatic heterocycles. The van der Waals surface area contributed by atoms with Crippen molar-refractivity contribution in [2.24, 2.45) is 0 Å². The van der Waals surface area contributed by atoms with Crippen LogP contribution in [0.3, 0.4) is 0 Å². The van der Waals surface area contributed by atoms with Crippen LogP contribution < -0.4 is 0 Å². The van der Waals surface area contributed by atoms with Crippen LogP contribution in [0.1, 0.15) is 34.8 Å². The molecule has 1 amide bonds. The molecule has 0 unspecified atom stereocenters. The van der Waals surface area contributed by atoms with Crippen LogP contribution in [0.4, 0.5) is 0 Å². The molecule has 0 bridgehead atoms. The van der Waals surface area contributed by atoms with E-state index in [2.05, 4.69) is 48.0 Å². The Balaban J connectivity index is 1.53. The summed E-state index contributed by atoms with van der Waals surface area (Å²) in [7, 11) is 4.11. The number of amides is 1. The highest BCUT2D eigenvalue weighted by atomic mass is 16.2. The zero-order valence-corrected chi connectivity index (χ0v) is 21.2. The Morgan fingerprint density at radius 3 is 2.50 bits per heavy atom. The van der Waals surface area contributed by atoms with Gasteiger partial charge in [-0.3, -0.25) is 14.2 Å². The van der Waals surface area contributed by atoms with Crippen molar-refractivity contribution in [2.75, 3.05) is 27.2 Å². The first-order valence-electron chi connectivity index (χ1n) is 12.3. The molecule has 0 saturated carbocycles. The molecule has 3 heterocycles. The van der Waals surface area contributed by atoms with Gasteiger partial charge in [0.25, 0.3) is 5.91 Å². The Bertz CT molecular complexity index is 1440. The van der Waals surface area contributed by atoms with E-state index >= 15 is 0 Å². The van der Waals surface area contributed by atoms with Gasteiger partial charge in [-0.1, -0.05) is 30.3 Å². The summed E-state index contributed by atoms with van der Waals surface area (Å²) < 4.78 is 1.89. The van der Waals surface area contributed by atoms with Crippen molar-refractivity contribution >= 4 is 22.6 Å². The lowest BCUT2D eigenvalue weighted by Crippen LogP contribution is -2.34. The zero-order valence-electron chi connectivity index (χ0n) is 21.2. The number of carbonyl (C=O) groups excluding carboxylic acids is 2. The second-order valence-corrected chi connectivity index (χ2v) is 9.88. The van der Waals surface area contributed by atoms with Gasteiger partial charge in [0.2, 0.25) is 5.95 Å². The van der Waals surface area contributed by atoms with Crippen LogP contribution in [-0.4, -0.2) is 69.3 Å². The van der Waals surface area contributed by atoms with E-state index in [1.54, 1.807) is 6.92 Å². The predicted octanol–water partition coefficient (Wildman–Crippen LogP) is 4.30. The van der Waals surface area contributed by atoms with E-state index in [4.69, 9.17) is 0 Å². The van der Waals surface area contributed by atoms with E-state index in [9.17, 15) is 9.59 Å². The molecule has 4 aromatic rings. The third-order valence-corrected chi connectivity index (χ3v) is 7.07. The second kappa shape index (κ2) is 9.66. The lowest BCUT2D eigenvalue weighted by Gasteiger charge is -2.20. The van der Waals surface area contributed by atoms with Crippen LogP contribution >= 0.6 is 0 Å². The molecule has 1 saturated heterocycles. The molecular weight excluding hydrogens is 450 g/mol. The minimum atomic E-state index is 0.0259. The van der Waals surface area contributed by atoms with Crippen molar-refractivity contribution in [1.82, 2.24) is 24.3 Å². The summed E-state index contributed by atoms with van der Waals surface area (Å²) in [6.07, 6.45) is 6.85. The molecule has 7 nitrogen and oxygen atoms in total. The average molecular weight is 482 g/mol. The molecule has 7 heteroatoms. The standard InChI is InChI=1S/C29H31N5O2/c1-19-7-5-6-8-25(19)23-15-30-29(31-16-23)34-17-22(13-20(2)35)26-10-9-21(14-27(26)34)28(36)33-12-11-24(18-33)32(3)4/h5-10,14-17,24H,11-13,18H2,1-4H3/t24-/m1/s1. The van der Waals surface area contributed by atoms with E-state index in [1.165, 1.54) is 0 Å². The molecule has 1 aliphatic heterocycles. The maximum atomic E-state index is 13.3. The summed E-state index contributed by atoms with van der Waals surface area (Å²) in [4.78, 5) is 38.7. The van der Waals surface area contributed by atoms with Crippen molar-refractivity contribution in [2.45, 2.75) is 32.7 Å². The number of nitrogens with zero attached hydrogens (tertiary/aromatic N) is 5. The highest BCUT2D eigenvalue weighted by Crippen LogP contribution is 2.28. The monoisotopic (exact) mass is 481 g/mol. The van der Waals surface area contributed by atoms with Gasteiger partial charge in [-0.2, -0.15) is 0 Å². The molecule has 1 aliphatic rings.